The Hall–Kier alpha value is -2.76. The number of nitro benzene ring substituents is 1. The third-order valence-corrected chi connectivity index (χ3v) is 3.91. The van der Waals surface area contributed by atoms with Gasteiger partial charge in [-0.05, 0) is 42.0 Å². The normalized spacial score (nSPS) is 10.8. The number of nitro groups is 1. The van der Waals surface area contributed by atoms with Crippen molar-refractivity contribution in [3.05, 3.63) is 73.8 Å². The molecule has 0 bridgehead atoms. The van der Waals surface area contributed by atoms with Crippen molar-refractivity contribution in [1.82, 2.24) is 0 Å². The molecule has 6 nitrogen and oxygen atoms in total. The standard InChI is InChI=1S/C17H12BrN3O3S/c18-14-3-6-16(12(8-14)7-13(9-19)17(20)25)24-10-11-1-4-15(5-2-11)21(22)23/h1-8H,10H2,(H2,20,25)/b13-7+. The summed E-state index contributed by atoms with van der Waals surface area (Å²) in [6.45, 7) is 0.218. The largest absolute Gasteiger partial charge is 0.488 e. The predicted molar refractivity (Wildman–Crippen MR) is 102 cm³/mol. The second-order valence-electron chi connectivity index (χ2n) is 4.93. The summed E-state index contributed by atoms with van der Waals surface area (Å²) >= 11 is 8.21. The van der Waals surface area contributed by atoms with Gasteiger partial charge in [0.1, 0.15) is 23.4 Å². The van der Waals surface area contributed by atoms with Crippen molar-refractivity contribution in [2.75, 3.05) is 0 Å². The fourth-order valence-electron chi connectivity index (χ4n) is 1.95. The van der Waals surface area contributed by atoms with Gasteiger partial charge in [0, 0.05) is 22.2 Å². The van der Waals surface area contributed by atoms with E-state index < -0.39 is 4.92 Å². The van der Waals surface area contributed by atoms with Gasteiger partial charge >= 0.3 is 0 Å². The third kappa shape index (κ3) is 5.11. The topological polar surface area (TPSA) is 102 Å². The van der Waals surface area contributed by atoms with Crippen LogP contribution < -0.4 is 10.5 Å². The van der Waals surface area contributed by atoms with Crippen molar-refractivity contribution in [2.24, 2.45) is 5.73 Å². The van der Waals surface area contributed by atoms with Crippen LogP contribution in [0.15, 0.2) is 52.5 Å². The molecule has 0 unspecified atom stereocenters. The Morgan fingerprint density at radius 1 is 1.36 bits per heavy atom. The van der Waals surface area contributed by atoms with E-state index in [1.54, 1.807) is 36.4 Å². The van der Waals surface area contributed by atoms with E-state index >= 15 is 0 Å². The van der Waals surface area contributed by atoms with Crippen LogP contribution in [0.5, 0.6) is 5.75 Å². The van der Waals surface area contributed by atoms with Gasteiger partial charge < -0.3 is 10.5 Å². The fraction of sp³-hybridized carbons (Fsp3) is 0.0588. The molecular weight excluding hydrogens is 406 g/mol. The molecule has 2 aromatic rings. The highest BCUT2D eigenvalue weighted by molar-refractivity contribution is 9.10. The van der Waals surface area contributed by atoms with E-state index in [0.29, 0.717) is 11.3 Å². The van der Waals surface area contributed by atoms with Crippen molar-refractivity contribution >= 4 is 44.9 Å². The van der Waals surface area contributed by atoms with Crippen LogP contribution in [0, 0.1) is 21.4 Å². The Bertz CT molecular complexity index is 889. The summed E-state index contributed by atoms with van der Waals surface area (Å²) in [5, 5.41) is 19.8. The molecular formula is C17H12BrN3O3S. The second-order valence-corrected chi connectivity index (χ2v) is 6.28. The SMILES string of the molecule is N#C/C(=C\c1cc(Br)ccc1OCc1ccc([N+](=O)[O-])cc1)C(N)=S. The van der Waals surface area contributed by atoms with Gasteiger partial charge in [0.25, 0.3) is 5.69 Å². The summed E-state index contributed by atoms with van der Waals surface area (Å²) in [4.78, 5) is 10.2. The van der Waals surface area contributed by atoms with Gasteiger partial charge in [0.05, 0.1) is 10.5 Å². The number of ether oxygens (including phenoxy) is 1. The molecule has 2 rings (SSSR count). The Morgan fingerprint density at radius 2 is 2.04 bits per heavy atom. The molecule has 0 radical (unpaired) electrons. The number of benzene rings is 2. The van der Waals surface area contributed by atoms with E-state index in [4.69, 9.17) is 28.0 Å². The number of halogens is 1. The zero-order chi connectivity index (χ0) is 18.4. The maximum atomic E-state index is 10.7. The molecule has 126 valence electrons. The van der Waals surface area contributed by atoms with E-state index in [1.807, 2.05) is 6.07 Å². The van der Waals surface area contributed by atoms with E-state index in [1.165, 1.54) is 12.1 Å². The van der Waals surface area contributed by atoms with Crippen LogP contribution in [0.1, 0.15) is 11.1 Å². The van der Waals surface area contributed by atoms with Gasteiger partial charge in [-0.15, -0.1) is 0 Å². The lowest BCUT2D eigenvalue weighted by Gasteiger charge is -2.10. The van der Waals surface area contributed by atoms with Crippen LogP contribution in [-0.2, 0) is 6.61 Å². The Balaban J connectivity index is 2.23. The van der Waals surface area contributed by atoms with Gasteiger partial charge in [-0.25, -0.2) is 0 Å². The lowest BCUT2D eigenvalue weighted by molar-refractivity contribution is -0.384. The summed E-state index contributed by atoms with van der Waals surface area (Å²) in [5.41, 5.74) is 7.13. The fourth-order valence-corrected chi connectivity index (χ4v) is 2.44. The molecule has 0 spiro atoms. The van der Waals surface area contributed by atoms with Gasteiger partial charge in [-0.1, -0.05) is 28.1 Å². The molecule has 0 aliphatic carbocycles. The lowest BCUT2D eigenvalue weighted by atomic mass is 10.1. The van der Waals surface area contributed by atoms with Crippen LogP contribution in [0.25, 0.3) is 6.08 Å². The third-order valence-electron chi connectivity index (χ3n) is 3.20. The van der Waals surface area contributed by atoms with Crippen molar-refractivity contribution < 1.29 is 9.66 Å². The first-order chi connectivity index (χ1) is 11.9. The second kappa shape index (κ2) is 8.37. The highest BCUT2D eigenvalue weighted by Crippen LogP contribution is 2.26. The summed E-state index contributed by atoms with van der Waals surface area (Å²) in [5.74, 6) is 0.533. The molecule has 0 saturated heterocycles. The van der Waals surface area contributed by atoms with Crippen molar-refractivity contribution in [3.8, 4) is 11.8 Å². The Kier molecular flexibility index (Phi) is 6.22. The molecule has 0 heterocycles. The molecule has 0 aliphatic rings. The quantitative estimate of drug-likeness (QED) is 0.249. The summed E-state index contributed by atoms with van der Waals surface area (Å²) in [6.07, 6.45) is 1.55. The maximum absolute atomic E-state index is 10.7. The average molecular weight is 418 g/mol. The monoisotopic (exact) mass is 417 g/mol. The highest BCUT2D eigenvalue weighted by Gasteiger charge is 2.08. The number of rotatable bonds is 6. The number of non-ortho nitro benzene ring substituents is 1. The first kappa shape index (κ1) is 18.6. The number of nitrogens with zero attached hydrogens (tertiary/aromatic N) is 2. The van der Waals surface area contributed by atoms with Crippen molar-refractivity contribution in [1.29, 1.82) is 5.26 Å². The summed E-state index contributed by atoms with van der Waals surface area (Å²) in [6, 6.07) is 13.4. The molecule has 8 heteroatoms. The molecule has 0 saturated carbocycles. The molecule has 2 N–H and O–H groups in total. The number of nitriles is 1. The number of nitrogens with two attached hydrogens (primary N) is 1. The number of hydrogen-bond donors (Lipinski definition) is 1. The molecule has 0 amide bonds. The van der Waals surface area contributed by atoms with Gasteiger partial charge in [0.2, 0.25) is 0 Å². The van der Waals surface area contributed by atoms with Crippen molar-refractivity contribution in [2.45, 2.75) is 6.61 Å². The Morgan fingerprint density at radius 3 is 2.60 bits per heavy atom. The number of hydrogen-bond acceptors (Lipinski definition) is 5. The first-order valence-electron chi connectivity index (χ1n) is 6.98. The summed E-state index contributed by atoms with van der Waals surface area (Å²) in [7, 11) is 0. The van der Waals surface area contributed by atoms with E-state index in [9.17, 15) is 10.1 Å². The molecule has 0 atom stereocenters. The predicted octanol–water partition coefficient (Wildman–Crippen LogP) is 4.13. The minimum atomic E-state index is -0.457. The van der Waals surface area contributed by atoms with E-state index in [0.717, 1.165) is 10.0 Å². The summed E-state index contributed by atoms with van der Waals surface area (Å²) < 4.78 is 6.58. The smallest absolute Gasteiger partial charge is 0.269 e. The molecule has 0 fully saturated rings. The van der Waals surface area contributed by atoms with Crippen LogP contribution in [-0.4, -0.2) is 9.91 Å². The van der Waals surface area contributed by atoms with Gasteiger partial charge in [0.15, 0.2) is 0 Å². The molecule has 0 aromatic heterocycles. The van der Waals surface area contributed by atoms with Gasteiger partial charge in [-0.2, -0.15) is 5.26 Å². The first-order valence-corrected chi connectivity index (χ1v) is 8.18. The Labute approximate surface area is 157 Å². The molecule has 25 heavy (non-hydrogen) atoms. The van der Waals surface area contributed by atoms with E-state index in [-0.39, 0.29) is 22.9 Å². The van der Waals surface area contributed by atoms with Crippen LogP contribution in [0.4, 0.5) is 5.69 Å². The zero-order valence-corrected chi connectivity index (χ0v) is 15.2. The van der Waals surface area contributed by atoms with Crippen LogP contribution in [0.2, 0.25) is 0 Å². The molecule has 2 aromatic carbocycles. The zero-order valence-electron chi connectivity index (χ0n) is 12.8. The van der Waals surface area contributed by atoms with Gasteiger partial charge in [-0.3, -0.25) is 10.1 Å². The van der Waals surface area contributed by atoms with E-state index in [2.05, 4.69) is 15.9 Å². The lowest BCUT2D eigenvalue weighted by Crippen LogP contribution is -2.09. The average Bonchev–Trinajstić information content (AvgIpc) is 2.58. The van der Waals surface area contributed by atoms with Crippen LogP contribution in [0.3, 0.4) is 0 Å². The minimum absolute atomic E-state index is 0.00351. The molecule has 0 aliphatic heterocycles. The van der Waals surface area contributed by atoms with Crippen molar-refractivity contribution in [3.63, 3.8) is 0 Å². The van der Waals surface area contributed by atoms with Crippen LogP contribution >= 0.6 is 28.1 Å². The number of thiocarbonyl (C=S) groups is 1. The maximum Gasteiger partial charge on any atom is 0.269 e. The minimum Gasteiger partial charge on any atom is -0.488 e. The highest BCUT2D eigenvalue weighted by atomic mass is 79.9.